The van der Waals surface area contributed by atoms with Gasteiger partial charge in [0.05, 0.1) is 5.92 Å². The lowest BCUT2D eigenvalue weighted by Gasteiger charge is -2.05. The molecule has 76 valence electrons. The number of anilines is 1. The van der Waals surface area contributed by atoms with Crippen LogP contribution in [0.15, 0.2) is 24.3 Å². The second kappa shape index (κ2) is 2.90. The lowest BCUT2D eigenvalue weighted by molar-refractivity contribution is -0.148. The summed E-state index contributed by atoms with van der Waals surface area (Å²) in [4.78, 5) is 0. The van der Waals surface area contributed by atoms with E-state index in [0.717, 1.165) is 0 Å². The van der Waals surface area contributed by atoms with Gasteiger partial charge in [0, 0.05) is 5.69 Å². The average Bonchev–Trinajstić information content (AvgIpc) is 2.81. The predicted molar refractivity (Wildman–Crippen MR) is 47.8 cm³/mol. The Labute approximate surface area is 79.7 Å². The van der Waals surface area contributed by atoms with Crippen LogP contribution in [-0.4, -0.2) is 6.18 Å². The van der Waals surface area contributed by atoms with Gasteiger partial charge in [0.15, 0.2) is 0 Å². The van der Waals surface area contributed by atoms with Gasteiger partial charge in [-0.2, -0.15) is 13.2 Å². The molecule has 14 heavy (non-hydrogen) atoms. The van der Waals surface area contributed by atoms with Crippen molar-refractivity contribution in [2.24, 2.45) is 5.92 Å². The number of alkyl halides is 3. The minimum Gasteiger partial charge on any atom is -0.399 e. The minimum atomic E-state index is -4.06. The smallest absolute Gasteiger partial charge is 0.392 e. The van der Waals surface area contributed by atoms with Crippen LogP contribution in [-0.2, 0) is 0 Å². The number of halogens is 3. The maximum Gasteiger partial charge on any atom is 0.392 e. The Morgan fingerprint density at radius 2 is 2.00 bits per heavy atom. The highest BCUT2D eigenvalue weighted by Crippen LogP contribution is 2.56. The van der Waals surface area contributed by atoms with E-state index in [9.17, 15) is 13.2 Å². The molecule has 1 nitrogen and oxygen atoms in total. The first-order valence-electron chi connectivity index (χ1n) is 4.40. The standard InChI is InChI=1S/C10H10F3N/c11-10(12,13)9-5-8(9)6-2-1-3-7(14)4-6/h1-4,8-9H,5,14H2/t8-,9+/m0/s1. The molecule has 0 aromatic heterocycles. The van der Waals surface area contributed by atoms with Crippen LogP contribution in [0.25, 0.3) is 0 Å². The molecule has 1 aromatic rings. The van der Waals surface area contributed by atoms with Crippen molar-refractivity contribution >= 4 is 5.69 Å². The third-order valence-electron chi connectivity index (χ3n) is 2.55. The number of nitrogens with two attached hydrogens (primary N) is 1. The largest absolute Gasteiger partial charge is 0.399 e. The Bertz CT molecular complexity index is 345. The van der Waals surface area contributed by atoms with Crippen LogP contribution < -0.4 is 5.73 Å². The van der Waals surface area contributed by atoms with Gasteiger partial charge in [-0.15, -0.1) is 0 Å². The first-order chi connectivity index (χ1) is 6.48. The van der Waals surface area contributed by atoms with Gasteiger partial charge in [-0.1, -0.05) is 12.1 Å². The molecule has 0 radical (unpaired) electrons. The van der Waals surface area contributed by atoms with Gasteiger partial charge in [-0.05, 0) is 30.0 Å². The van der Waals surface area contributed by atoms with E-state index in [-0.39, 0.29) is 12.3 Å². The van der Waals surface area contributed by atoms with E-state index >= 15 is 0 Å². The van der Waals surface area contributed by atoms with Gasteiger partial charge in [0.1, 0.15) is 0 Å². The van der Waals surface area contributed by atoms with Gasteiger partial charge in [0.2, 0.25) is 0 Å². The normalized spacial score (nSPS) is 26.2. The van der Waals surface area contributed by atoms with Crippen molar-refractivity contribution in [3.05, 3.63) is 29.8 Å². The summed E-state index contributed by atoms with van der Waals surface area (Å²) in [5.74, 6) is -1.54. The summed E-state index contributed by atoms with van der Waals surface area (Å²) in [7, 11) is 0. The molecule has 0 heterocycles. The van der Waals surface area contributed by atoms with Gasteiger partial charge in [-0.25, -0.2) is 0 Å². The fourth-order valence-corrected chi connectivity index (χ4v) is 1.71. The first-order valence-corrected chi connectivity index (χ1v) is 4.40. The van der Waals surface area contributed by atoms with Gasteiger partial charge in [0.25, 0.3) is 0 Å². The second-order valence-electron chi connectivity index (χ2n) is 3.66. The van der Waals surface area contributed by atoms with Crippen LogP contribution in [0.4, 0.5) is 18.9 Å². The Balaban J connectivity index is 2.14. The topological polar surface area (TPSA) is 26.0 Å². The SMILES string of the molecule is Nc1cccc([C@@H]2C[C@H]2C(F)(F)F)c1. The lowest BCUT2D eigenvalue weighted by atomic mass is 10.1. The van der Waals surface area contributed by atoms with Crippen molar-refractivity contribution in [2.75, 3.05) is 5.73 Å². The van der Waals surface area contributed by atoms with Crippen LogP contribution in [0.2, 0.25) is 0 Å². The fraction of sp³-hybridized carbons (Fsp3) is 0.400. The number of benzene rings is 1. The molecule has 0 amide bonds. The molecule has 1 aliphatic carbocycles. The summed E-state index contributed by atoms with van der Waals surface area (Å²) in [6.45, 7) is 0. The van der Waals surface area contributed by atoms with Gasteiger partial charge in [-0.3, -0.25) is 0 Å². The molecule has 1 saturated carbocycles. The monoisotopic (exact) mass is 201 g/mol. The molecular weight excluding hydrogens is 191 g/mol. The van der Waals surface area contributed by atoms with Crippen molar-refractivity contribution in [3.8, 4) is 0 Å². The zero-order valence-electron chi connectivity index (χ0n) is 7.38. The molecule has 0 unspecified atom stereocenters. The van der Waals surface area contributed by atoms with Crippen molar-refractivity contribution in [2.45, 2.75) is 18.5 Å². The highest BCUT2D eigenvalue weighted by atomic mass is 19.4. The molecule has 0 spiro atoms. The second-order valence-corrected chi connectivity index (χ2v) is 3.66. The number of rotatable bonds is 1. The van der Waals surface area contributed by atoms with Crippen molar-refractivity contribution < 1.29 is 13.2 Å². The molecule has 1 aromatic carbocycles. The summed E-state index contributed by atoms with van der Waals surface area (Å²) in [6, 6.07) is 6.69. The summed E-state index contributed by atoms with van der Waals surface area (Å²) in [5.41, 5.74) is 6.72. The molecule has 2 N–H and O–H groups in total. The van der Waals surface area contributed by atoms with E-state index in [1.54, 1.807) is 24.3 Å². The third kappa shape index (κ3) is 1.69. The van der Waals surface area contributed by atoms with Crippen LogP contribution in [0.1, 0.15) is 17.9 Å². The molecule has 1 aliphatic rings. The number of hydrogen-bond donors (Lipinski definition) is 1. The molecule has 1 fully saturated rings. The summed E-state index contributed by atoms with van der Waals surface area (Å²) < 4.78 is 36.7. The molecule has 2 rings (SSSR count). The molecular formula is C10H10F3N. The molecule has 2 atom stereocenters. The average molecular weight is 201 g/mol. The number of nitrogen functional groups attached to an aromatic ring is 1. The van der Waals surface area contributed by atoms with E-state index in [1.165, 1.54) is 0 Å². The highest BCUT2D eigenvalue weighted by molar-refractivity contribution is 5.43. The Kier molecular flexibility index (Phi) is 1.94. The molecule has 4 heteroatoms. The van der Waals surface area contributed by atoms with E-state index < -0.39 is 12.1 Å². The van der Waals surface area contributed by atoms with Gasteiger partial charge >= 0.3 is 6.18 Å². The highest BCUT2D eigenvalue weighted by Gasteiger charge is 2.56. The summed E-state index contributed by atoms with van der Waals surface area (Å²) >= 11 is 0. The quantitative estimate of drug-likeness (QED) is 0.694. The number of hydrogen-bond acceptors (Lipinski definition) is 1. The van der Waals surface area contributed by atoms with E-state index in [2.05, 4.69) is 0 Å². The summed E-state index contributed by atoms with van der Waals surface area (Å²) in [6.07, 6.45) is -3.86. The zero-order valence-corrected chi connectivity index (χ0v) is 7.38. The Morgan fingerprint density at radius 3 is 2.50 bits per heavy atom. The summed E-state index contributed by atoms with van der Waals surface area (Å²) in [5, 5.41) is 0. The maximum absolute atomic E-state index is 12.2. The Hall–Kier alpha value is -1.19. The van der Waals surface area contributed by atoms with Crippen molar-refractivity contribution in [1.82, 2.24) is 0 Å². The van der Waals surface area contributed by atoms with Crippen molar-refractivity contribution in [3.63, 3.8) is 0 Å². The minimum absolute atomic E-state index is 0.201. The van der Waals surface area contributed by atoms with Crippen LogP contribution in [0.5, 0.6) is 0 Å². The lowest BCUT2D eigenvalue weighted by Crippen LogP contribution is -2.11. The molecule has 0 bridgehead atoms. The predicted octanol–water partition coefficient (Wildman–Crippen LogP) is 2.93. The van der Waals surface area contributed by atoms with Crippen LogP contribution in [0, 0.1) is 5.92 Å². The Morgan fingerprint density at radius 1 is 1.29 bits per heavy atom. The van der Waals surface area contributed by atoms with Crippen LogP contribution in [0.3, 0.4) is 0 Å². The zero-order chi connectivity index (χ0) is 10.3. The molecule has 0 aliphatic heterocycles. The molecule has 0 saturated heterocycles. The van der Waals surface area contributed by atoms with E-state index in [0.29, 0.717) is 11.3 Å². The van der Waals surface area contributed by atoms with Gasteiger partial charge < -0.3 is 5.73 Å². The van der Waals surface area contributed by atoms with E-state index in [1.807, 2.05) is 0 Å². The fourth-order valence-electron chi connectivity index (χ4n) is 1.71. The van der Waals surface area contributed by atoms with Crippen molar-refractivity contribution in [1.29, 1.82) is 0 Å². The first kappa shape index (κ1) is 9.37. The third-order valence-corrected chi connectivity index (χ3v) is 2.55. The van der Waals surface area contributed by atoms with E-state index in [4.69, 9.17) is 5.73 Å². The maximum atomic E-state index is 12.2. The van der Waals surface area contributed by atoms with Crippen LogP contribution >= 0.6 is 0 Å².